The molecular formula is C14H20N2O2. The van der Waals surface area contributed by atoms with E-state index in [9.17, 15) is 4.79 Å². The van der Waals surface area contributed by atoms with E-state index >= 15 is 0 Å². The topological polar surface area (TPSA) is 41.6 Å². The van der Waals surface area contributed by atoms with Crippen LogP contribution in [-0.2, 0) is 4.79 Å². The molecule has 1 amide bonds. The molecule has 4 nitrogen and oxygen atoms in total. The van der Waals surface area contributed by atoms with E-state index in [1.807, 2.05) is 31.3 Å². The predicted octanol–water partition coefficient (Wildman–Crippen LogP) is 1.51. The van der Waals surface area contributed by atoms with E-state index in [1.165, 1.54) is 0 Å². The maximum absolute atomic E-state index is 12.4. The van der Waals surface area contributed by atoms with Crippen LogP contribution < -0.4 is 15.0 Å². The van der Waals surface area contributed by atoms with Crippen LogP contribution in [0.5, 0.6) is 5.75 Å². The normalized spacial score (nSPS) is 22.8. The van der Waals surface area contributed by atoms with Crippen molar-refractivity contribution in [2.24, 2.45) is 11.8 Å². The van der Waals surface area contributed by atoms with E-state index in [2.05, 4.69) is 12.2 Å². The molecule has 0 spiro atoms. The third-order valence-corrected chi connectivity index (χ3v) is 3.61. The van der Waals surface area contributed by atoms with Gasteiger partial charge in [0.2, 0.25) is 5.91 Å². The molecule has 1 saturated heterocycles. The lowest BCUT2D eigenvalue weighted by atomic mass is 9.96. The Hall–Kier alpha value is -1.55. The van der Waals surface area contributed by atoms with E-state index in [-0.39, 0.29) is 11.8 Å². The number of benzene rings is 1. The summed E-state index contributed by atoms with van der Waals surface area (Å²) in [4.78, 5) is 14.1. The Balaban J connectivity index is 2.14. The molecule has 1 aromatic rings. The molecule has 2 unspecified atom stereocenters. The van der Waals surface area contributed by atoms with Crippen molar-refractivity contribution in [1.29, 1.82) is 0 Å². The number of carbonyl (C=O) groups is 1. The van der Waals surface area contributed by atoms with Crippen LogP contribution >= 0.6 is 0 Å². The highest BCUT2D eigenvalue weighted by Gasteiger charge is 2.32. The van der Waals surface area contributed by atoms with Gasteiger partial charge in [0.05, 0.1) is 13.0 Å². The minimum atomic E-state index is 0.0706. The highest BCUT2D eigenvalue weighted by molar-refractivity contribution is 5.95. The maximum Gasteiger partial charge on any atom is 0.231 e. The van der Waals surface area contributed by atoms with Crippen LogP contribution in [0.2, 0.25) is 0 Å². The first-order valence-electron chi connectivity index (χ1n) is 6.26. The molecule has 0 aromatic heterocycles. The van der Waals surface area contributed by atoms with Gasteiger partial charge in [-0.1, -0.05) is 13.0 Å². The Kier molecular flexibility index (Phi) is 3.87. The lowest BCUT2D eigenvalue weighted by Crippen LogP contribution is -2.36. The Bertz CT molecular complexity index is 434. The van der Waals surface area contributed by atoms with E-state index < -0.39 is 0 Å². The second kappa shape index (κ2) is 5.40. The number of carbonyl (C=O) groups excluding carboxylic acids is 1. The number of rotatable bonds is 3. The predicted molar refractivity (Wildman–Crippen MR) is 71.9 cm³/mol. The van der Waals surface area contributed by atoms with Crippen LogP contribution in [0.3, 0.4) is 0 Å². The van der Waals surface area contributed by atoms with Crippen LogP contribution in [-0.4, -0.2) is 33.2 Å². The molecule has 1 fully saturated rings. The van der Waals surface area contributed by atoms with Crippen LogP contribution in [0.15, 0.2) is 24.3 Å². The summed E-state index contributed by atoms with van der Waals surface area (Å²) in [5.41, 5.74) is 0.874. The Morgan fingerprint density at radius 2 is 2.22 bits per heavy atom. The van der Waals surface area contributed by atoms with Gasteiger partial charge in [-0.2, -0.15) is 0 Å². The molecule has 1 heterocycles. The van der Waals surface area contributed by atoms with Crippen LogP contribution in [0.25, 0.3) is 0 Å². The quantitative estimate of drug-likeness (QED) is 0.881. The van der Waals surface area contributed by atoms with Crippen molar-refractivity contribution in [2.75, 3.05) is 32.1 Å². The van der Waals surface area contributed by atoms with Gasteiger partial charge in [-0.25, -0.2) is 0 Å². The molecule has 0 aliphatic carbocycles. The maximum atomic E-state index is 12.4. The number of nitrogens with one attached hydrogen (secondary N) is 1. The van der Waals surface area contributed by atoms with Crippen LogP contribution in [0.1, 0.15) is 6.92 Å². The molecule has 1 N–H and O–H groups in total. The minimum Gasteiger partial charge on any atom is -0.497 e. The van der Waals surface area contributed by atoms with Gasteiger partial charge in [0.15, 0.2) is 0 Å². The van der Waals surface area contributed by atoms with Crippen molar-refractivity contribution >= 4 is 11.6 Å². The number of methoxy groups -OCH3 is 1. The van der Waals surface area contributed by atoms with Crippen molar-refractivity contribution < 1.29 is 9.53 Å². The first-order valence-corrected chi connectivity index (χ1v) is 6.26. The smallest absolute Gasteiger partial charge is 0.231 e. The van der Waals surface area contributed by atoms with Gasteiger partial charge in [0, 0.05) is 25.3 Å². The Morgan fingerprint density at radius 3 is 2.83 bits per heavy atom. The second-order valence-electron chi connectivity index (χ2n) is 4.84. The van der Waals surface area contributed by atoms with Crippen LogP contribution in [0, 0.1) is 11.8 Å². The standard InChI is InChI=1S/C14H20N2O2/c1-10-8-15-9-13(10)14(17)16(2)11-5-4-6-12(7-11)18-3/h4-7,10,13,15H,8-9H2,1-3H3. The highest BCUT2D eigenvalue weighted by atomic mass is 16.5. The zero-order chi connectivity index (χ0) is 13.1. The largest absolute Gasteiger partial charge is 0.497 e. The monoisotopic (exact) mass is 248 g/mol. The highest BCUT2D eigenvalue weighted by Crippen LogP contribution is 2.24. The lowest BCUT2D eigenvalue weighted by Gasteiger charge is -2.23. The molecule has 0 bridgehead atoms. The van der Waals surface area contributed by atoms with E-state index in [1.54, 1.807) is 12.0 Å². The van der Waals surface area contributed by atoms with Crippen molar-refractivity contribution in [1.82, 2.24) is 5.32 Å². The van der Waals surface area contributed by atoms with Gasteiger partial charge >= 0.3 is 0 Å². The summed E-state index contributed by atoms with van der Waals surface area (Å²) in [5.74, 6) is 1.40. The number of amides is 1. The fraction of sp³-hybridized carbons (Fsp3) is 0.500. The zero-order valence-electron chi connectivity index (χ0n) is 11.1. The summed E-state index contributed by atoms with van der Waals surface area (Å²) in [7, 11) is 3.45. The third kappa shape index (κ3) is 2.48. The number of anilines is 1. The molecule has 1 aliphatic rings. The summed E-state index contributed by atoms with van der Waals surface area (Å²) < 4.78 is 5.18. The summed E-state index contributed by atoms with van der Waals surface area (Å²) in [6, 6.07) is 7.58. The molecule has 1 aliphatic heterocycles. The molecule has 98 valence electrons. The molecule has 2 rings (SSSR count). The average molecular weight is 248 g/mol. The Morgan fingerprint density at radius 1 is 1.44 bits per heavy atom. The first kappa shape index (κ1) is 12.9. The number of hydrogen-bond donors (Lipinski definition) is 1. The molecule has 0 saturated carbocycles. The fourth-order valence-electron chi connectivity index (χ4n) is 2.34. The summed E-state index contributed by atoms with van der Waals surface area (Å²) in [6.07, 6.45) is 0. The van der Waals surface area contributed by atoms with Crippen molar-refractivity contribution in [2.45, 2.75) is 6.92 Å². The second-order valence-corrected chi connectivity index (χ2v) is 4.84. The number of hydrogen-bond acceptors (Lipinski definition) is 3. The number of nitrogens with zero attached hydrogens (tertiary/aromatic N) is 1. The molecular weight excluding hydrogens is 228 g/mol. The number of ether oxygens (including phenoxy) is 1. The average Bonchev–Trinajstić information content (AvgIpc) is 2.83. The molecule has 0 radical (unpaired) electrons. The van der Waals surface area contributed by atoms with E-state index in [0.29, 0.717) is 5.92 Å². The van der Waals surface area contributed by atoms with Crippen LogP contribution in [0.4, 0.5) is 5.69 Å². The lowest BCUT2D eigenvalue weighted by molar-refractivity contribution is -0.122. The van der Waals surface area contributed by atoms with Gasteiger partial charge in [-0.05, 0) is 24.6 Å². The fourth-order valence-corrected chi connectivity index (χ4v) is 2.34. The van der Waals surface area contributed by atoms with E-state index in [0.717, 1.165) is 24.5 Å². The van der Waals surface area contributed by atoms with Gasteiger partial charge < -0.3 is 15.0 Å². The van der Waals surface area contributed by atoms with Crippen molar-refractivity contribution in [3.8, 4) is 5.75 Å². The Labute approximate surface area is 108 Å². The summed E-state index contributed by atoms with van der Waals surface area (Å²) in [6.45, 7) is 3.80. The van der Waals surface area contributed by atoms with Gasteiger partial charge in [-0.3, -0.25) is 4.79 Å². The molecule has 18 heavy (non-hydrogen) atoms. The zero-order valence-corrected chi connectivity index (χ0v) is 11.1. The van der Waals surface area contributed by atoms with Gasteiger partial charge in [0.1, 0.15) is 5.75 Å². The summed E-state index contributed by atoms with van der Waals surface area (Å²) >= 11 is 0. The van der Waals surface area contributed by atoms with E-state index in [4.69, 9.17) is 4.74 Å². The summed E-state index contributed by atoms with van der Waals surface area (Å²) in [5, 5.41) is 3.26. The van der Waals surface area contributed by atoms with Crippen molar-refractivity contribution in [3.05, 3.63) is 24.3 Å². The molecule has 2 atom stereocenters. The molecule has 4 heteroatoms. The van der Waals surface area contributed by atoms with Crippen molar-refractivity contribution in [3.63, 3.8) is 0 Å². The minimum absolute atomic E-state index is 0.0706. The van der Waals surface area contributed by atoms with Gasteiger partial charge in [-0.15, -0.1) is 0 Å². The van der Waals surface area contributed by atoms with Gasteiger partial charge in [0.25, 0.3) is 0 Å². The SMILES string of the molecule is COc1cccc(N(C)C(=O)C2CNCC2C)c1. The first-order chi connectivity index (χ1) is 8.63. The third-order valence-electron chi connectivity index (χ3n) is 3.61. The molecule has 1 aromatic carbocycles.